The van der Waals surface area contributed by atoms with E-state index in [4.69, 9.17) is 9.72 Å². The number of ether oxygens (including phenoxy) is 1. The average molecular weight is 462 g/mol. The Labute approximate surface area is 189 Å². The average Bonchev–Trinajstić information content (AvgIpc) is 3.42. The second kappa shape index (κ2) is 8.44. The first-order chi connectivity index (χ1) is 15.8. The number of rotatable bonds is 4. The van der Waals surface area contributed by atoms with Crippen molar-refractivity contribution in [3.05, 3.63) is 35.7 Å². The van der Waals surface area contributed by atoms with Crippen LogP contribution < -0.4 is 10.2 Å². The van der Waals surface area contributed by atoms with Gasteiger partial charge in [0, 0.05) is 44.7 Å². The number of hydrogen-bond donors (Lipinski definition) is 1. The number of halogens is 3. The predicted octanol–water partition coefficient (Wildman–Crippen LogP) is 3.34. The fourth-order valence-electron chi connectivity index (χ4n) is 4.80. The third-order valence-electron chi connectivity index (χ3n) is 6.59. The molecule has 0 saturated carbocycles. The summed E-state index contributed by atoms with van der Waals surface area (Å²) in [5, 5.41) is 2.95. The Morgan fingerprint density at radius 1 is 1.18 bits per heavy atom. The molecule has 5 heterocycles. The standard InChI is InChI=1S/C22H25F3N6O2/c1-13(32)30-6-3-14(4-7-30)18-10-20(28-19-8-15(2-5-26-19)22(23,24)25)29-21(27-18)31-11-17-9-16(31)12-33-17/h2,5,8,10,14,16-17H,3-4,6-7,9,11-12H2,1H3,(H,26,27,28,29). The normalized spacial score (nSPS) is 23.3. The fourth-order valence-corrected chi connectivity index (χ4v) is 4.80. The van der Waals surface area contributed by atoms with Gasteiger partial charge in [-0.15, -0.1) is 0 Å². The molecule has 2 aromatic rings. The lowest BCUT2D eigenvalue weighted by Crippen LogP contribution is -2.39. The zero-order valence-electron chi connectivity index (χ0n) is 18.2. The van der Waals surface area contributed by atoms with Crippen molar-refractivity contribution in [2.45, 2.75) is 50.4 Å². The van der Waals surface area contributed by atoms with E-state index in [-0.39, 0.29) is 29.8 Å². The van der Waals surface area contributed by atoms with E-state index in [0.717, 1.165) is 43.3 Å². The van der Waals surface area contributed by atoms with Crippen molar-refractivity contribution < 1.29 is 22.7 Å². The van der Waals surface area contributed by atoms with Gasteiger partial charge in [-0.1, -0.05) is 0 Å². The van der Waals surface area contributed by atoms with Crippen molar-refractivity contribution in [3.8, 4) is 0 Å². The number of nitrogens with zero attached hydrogens (tertiary/aromatic N) is 5. The number of nitrogens with one attached hydrogen (secondary N) is 1. The van der Waals surface area contributed by atoms with E-state index in [2.05, 4.69) is 20.2 Å². The number of hydrogen-bond acceptors (Lipinski definition) is 7. The number of pyridine rings is 1. The summed E-state index contributed by atoms with van der Waals surface area (Å²) in [6.07, 6.45) is -0.715. The summed E-state index contributed by atoms with van der Waals surface area (Å²) in [5.74, 6) is 1.21. The number of fused-ring (bicyclic) bond motifs is 2. The van der Waals surface area contributed by atoms with Crippen LogP contribution >= 0.6 is 0 Å². The molecule has 0 spiro atoms. The molecule has 1 amide bonds. The minimum absolute atomic E-state index is 0.0582. The van der Waals surface area contributed by atoms with Gasteiger partial charge in [-0.05, 0) is 31.4 Å². The second-order valence-electron chi connectivity index (χ2n) is 8.81. The Bertz CT molecular complexity index is 1040. The van der Waals surface area contributed by atoms with Crippen LogP contribution in [0.25, 0.3) is 0 Å². The molecule has 8 nitrogen and oxygen atoms in total. The number of likely N-dealkylation sites (tertiary alicyclic amines) is 1. The Morgan fingerprint density at radius 3 is 2.61 bits per heavy atom. The number of aromatic nitrogens is 3. The molecule has 0 aromatic carbocycles. The molecule has 0 aliphatic carbocycles. The molecule has 1 N–H and O–H groups in total. The Kier molecular flexibility index (Phi) is 5.59. The highest BCUT2D eigenvalue weighted by Crippen LogP contribution is 2.35. The zero-order valence-corrected chi connectivity index (χ0v) is 18.2. The topological polar surface area (TPSA) is 83.5 Å². The summed E-state index contributed by atoms with van der Waals surface area (Å²) in [5.41, 5.74) is 0.0430. The van der Waals surface area contributed by atoms with E-state index in [9.17, 15) is 18.0 Å². The van der Waals surface area contributed by atoms with E-state index in [0.29, 0.717) is 38.0 Å². The van der Waals surface area contributed by atoms with Crippen molar-refractivity contribution >= 4 is 23.5 Å². The third kappa shape index (κ3) is 4.59. The maximum atomic E-state index is 13.1. The van der Waals surface area contributed by atoms with Gasteiger partial charge < -0.3 is 19.9 Å². The van der Waals surface area contributed by atoms with Gasteiger partial charge in [0.15, 0.2) is 0 Å². The van der Waals surface area contributed by atoms with Crippen LogP contribution in [0.15, 0.2) is 24.4 Å². The molecular weight excluding hydrogens is 437 g/mol. The highest BCUT2D eigenvalue weighted by Gasteiger charge is 2.40. The van der Waals surface area contributed by atoms with Crippen LogP contribution in [0.1, 0.15) is 43.4 Å². The number of amides is 1. The van der Waals surface area contributed by atoms with Gasteiger partial charge in [0.05, 0.1) is 30.0 Å². The van der Waals surface area contributed by atoms with Crippen molar-refractivity contribution in [2.75, 3.05) is 36.5 Å². The zero-order chi connectivity index (χ0) is 23.2. The van der Waals surface area contributed by atoms with Crippen LogP contribution in [0.2, 0.25) is 0 Å². The predicted molar refractivity (Wildman–Crippen MR) is 114 cm³/mol. The molecule has 2 bridgehead atoms. The summed E-state index contributed by atoms with van der Waals surface area (Å²) in [4.78, 5) is 29.1. The molecule has 2 aromatic heterocycles. The van der Waals surface area contributed by atoms with E-state index in [1.807, 2.05) is 4.90 Å². The number of carbonyl (C=O) groups is 1. The van der Waals surface area contributed by atoms with Gasteiger partial charge in [0.2, 0.25) is 11.9 Å². The summed E-state index contributed by atoms with van der Waals surface area (Å²) >= 11 is 0. The Balaban J connectivity index is 1.44. The van der Waals surface area contributed by atoms with Crippen LogP contribution in [-0.2, 0) is 15.7 Å². The lowest BCUT2D eigenvalue weighted by Gasteiger charge is -2.32. The number of anilines is 3. The van der Waals surface area contributed by atoms with E-state index in [1.165, 1.54) is 0 Å². The quantitative estimate of drug-likeness (QED) is 0.746. The lowest BCUT2D eigenvalue weighted by atomic mass is 9.93. The van der Waals surface area contributed by atoms with Crippen LogP contribution in [0.3, 0.4) is 0 Å². The summed E-state index contributed by atoms with van der Waals surface area (Å²) in [6, 6.07) is 3.89. The molecule has 3 aliphatic heterocycles. The van der Waals surface area contributed by atoms with Gasteiger partial charge in [0.25, 0.3) is 0 Å². The molecule has 2 atom stereocenters. The summed E-state index contributed by atoms with van der Waals surface area (Å²) in [6.45, 7) is 4.18. The number of piperidine rings is 1. The maximum Gasteiger partial charge on any atom is 0.416 e. The molecule has 11 heteroatoms. The van der Waals surface area contributed by atoms with Gasteiger partial charge in [-0.2, -0.15) is 18.2 Å². The van der Waals surface area contributed by atoms with E-state index in [1.54, 1.807) is 13.0 Å². The summed E-state index contributed by atoms with van der Waals surface area (Å²) in [7, 11) is 0. The van der Waals surface area contributed by atoms with Crippen LogP contribution in [0.5, 0.6) is 0 Å². The van der Waals surface area contributed by atoms with Gasteiger partial charge in [-0.25, -0.2) is 9.97 Å². The maximum absolute atomic E-state index is 13.1. The molecule has 3 fully saturated rings. The molecule has 33 heavy (non-hydrogen) atoms. The van der Waals surface area contributed by atoms with Crippen molar-refractivity contribution in [1.82, 2.24) is 19.9 Å². The lowest BCUT2D eigenvalue weighted by molar-refractivity contribution is -0.137. The molecular formula is C22H25F3N6O2. The van der Waals surface area contributed by atoms with Gasteiger partial charge in [0.1, 0.15) is 11.6 Å². The first-order valence-electron chi connectivity index (χ1n) is 11.1. The SMILES string of the molecule is CC(=O)N1CCC(c2cc(Nc3cc(C(F)(F)F)ccn3)nc(N3CC4CC3CO4)n2)CC1. The number of carbonyl (C=O) groups excluding carboxylic acids is 1. The highest BCUT2D eigenvalue weighted by atomic mass is 19.4. The van der Waals surface area contributed by atoms with E-state index >= 15 is 0 Å². The first kappa shape index (κ1) is 21.9. The summed E-state index contributed by atoms with van der Waals surface area (Å²) < 4.78 is 45.1. The van der Waals surface area contributed by atoms with Crippen LogP contribution in [0, 0.1) is 0 Å². The Morgan fingerprint density at radius 2 is 1.97 bits per heavy atom. The second-order valence-corrected chi connectivity index (χ2v) is 8.81. The Hall–Kier alpha value is -2.95. The molecule has 2 unspecified atom stereocenters. The molecule has 5 rings (SSSR count). The van der Waals surface area contributed by atoms with Crippen molar-refractivity contribution in [2.24, 2.45) is 0 Å². The van der Waals surface area contributed by atoms with Gasteiger partial charge >= 0.3 is 6.18 Å². The molecule has 3 saturated heterocycles. The molecule has 0 radical (unpaired) electrons. The monoisotopic (exact) mass is 462 g/mol. The van der Waals surface area contributed by atoms with Crippen LogP contribution in [-0.4, -0.2) is 64.1 Å². The number of alkyl halides is 3. The highest BCUT2D eigenvalue weighted by molar-refractivity contribution is 5.73. The van der Waals surface area contributed by atoms with Crippen molar-refractivity contribution in [1.29, 1.82) is 0 Å². The molecule has 176 valence electrons. The van der Waals surface area contributed by atoms with Gasteiger partial charge in [-0.3, -0.25) is 4.79 Å². The van der Waals surface area contributed by atoms with Crippen LogP contribution in [0.4, 0.5) is 30.8 Å². The molecule has 3 aliphatic rings. The minimum Gasteiger partial charge on any atom is -0.374 e. The fraction of sp³-hybridized carbons (Fsp3) is 0.545. The third-order valence-corrected chi connectivity index (χ3v) is 6.59. The minimum atomic E-state index is -4.46. The first-order valence-corrected chi connectivity index (χ1v) is 11.1. The van der Waals surface area contributed by atoms with Crippen molar-refractivity contribution in [3.63, 3.8) is 0 Å². The smallest absolute Gasteiger partial charge is 0.374 e. The van der Waals surface area contributed by atoms with E-state index < -0.39 is 11.7 Å². The largest absolute Gasteiger partial charge is 0.416 e. The number of morpholine rings is 1.